The maximum Gasteiger partial charge on any atom is 0.164 e. The Kier molecular flexibility index (Phi) is 5.69. The predicted molar refractivity (Wildman–Crippen MR) is 247 cm³/mol. The maximum atomic E-state index is 10.4. The Morgan fingerprint density at radius 3 is 1.47 bits per heavy atom. The fraction of sp³-hybridized carbons (Fsp3) is 0.0727. The highest BCUT2D eigenvalue weighted by Crippen LogP contribution is 2.58. The third kappa shape index (κ3) is 6.33. The Labute approximate surface area is 370 Å². The molecule has 0 saturated carbocycles. The molecule has 0 saturated heterocycles. The van der Waals surface area contributed by atoms with Crippen LogP contribution in [0.15, 0.2) is 206 Å². The highest BCUT2D eigenvalue weighted by Gasteiger charge is 2.47. The van der Waals surface area contributed by atoms with Gasteiger partial charge in [0.1, 0.15) is 0 Å². The van der Waals surface area contributed by atoms with Gasteiger partial charge in [-0.2, -0.15) is 0 Å². The van der Waals surface area contributed by atoms with Crippen LogP contribution in [0, 0.1) is 0 Å². The summed E-state index contributed by atoms with van der Waals surface area (Å²) in [5, 5.41) is 0.816. The van der Waals surface area contributed by atoms with Crippen molar-refractivity contribution in [2.75, 3.05) is 0 Å². The fourth-order valence-corrected chi connectivity index (χ4v) is 9.48. The van der Waals surface area contributed by atoms with Gasteiger partial charge < -0.3 is 0 Å². The zero-order valence-corrected chi connectivity index (χ0v) is 33.2. The van der Waals surface area contributed by atoms with Crippen molar-refractivity contribution in [1.82, 2.24) is 15.0 Å². The lowest BCUT2D eigenvalue weighted by Crippen LogP contribution is -2.38. The van der Waals surface area contributed by atoms with Crippen molar-refractivity contribution in [3.63, 3.8) is 0 Å². The molecule has 10 rings (SSSR count). The molecule has 0 radical (unpaired) electrons. The van der Waals surface area contributed by atoms with Crippen LogP contribution < -0.4 is 5.19 Å². The van der Waals surface area contributed by atoms with Crippen molar-refractivity contribution in [1.29, 1.82) is 0 Å². The molecule has 1 aliphatic carbocycles. The quantitative estimate of drug-likeness (QED) is 0.144. The second-order valence-electron chi connectivity index (χ2n) is 15.2. The molecule has 0 aliphatic heterocycles. The van der Waals surface area contributed by atoms with Gasteiger partial charge in [-0.25, -0.2) is 15.0 Å². The van der Waals surface area contributed by atoms with Gasteiger partial charge in [-0.15, -0.1) is 0 Å². The van der Waals surface area contributed by atoms with Gasteiger partial charge in [0.25, 0.3) is 0 Å². The van der Waals surface area contributed by atoms with Crippen LogP contribution >= 0.6 is 0 Å². The largest absolute Gasteiger partial charge is 0.208 e. The number of aromatic nitrogens is 3. The molecular formula is C55H43N3Si. The van der Waals surface area contributed by atoms with Gasteiger partial charge >= 0.3 is 0 Å². The first-order valence-electron chi connectivity index (χ1n) is 27.1. The summed E-state index contributed by atoms with van der Waals surface area (Å²) in [7, 11) is -2.33. The molecular weight excluding hydrogens is 731 g/mol. The SMILES string of the molecule is [2H]c1c([2H])c([2H])c(C2(c3c([2H])c([2H])c([2H])c([2H])c3[2H])c3c([2H])c([2H])c(-c4ccccc4[Si](C)(C)C)c([2H])c3-c3c(-c4ccc(-c5nc(-c6ccccc6)nc(-c6ccccc6)n5)cc4)c([2H])c([2H])c([2H])c32)c([2H])c1[2H]. The van der Waals surface area contributed by atoms with E-state index in [4.69, 9.17) is 23.2 Å². The van der Waals surface area contributed by atoms with Crippen LogP contribution in [0.3, 0.4) is 0 Å². The van der Waals surface area contributed by atoms with Gasteiger partial charge in [0, 0.05) is 16.7 Å². The Hall–Kier alpha value is -7.01. The summed E-state index contributed by atoms with van der Waals surface area (Å²) in [5.41, 5.74) is -3.27. The topological polar surface area (TPSA) is 38.7 Å². The number of benzene rings is 8. The normalized spacial score (nSPS) is 16.6. The molecule has 0 bridgehead atoms. The first-order chi connectivity index (χ1) is 35.5. The summed E-state index contributed by atoms with van der Waals surface area (Å²) in [5.74, 6) is 1.06. The van der Waals surface area contributed by atoms with Crippen molar-refractivity contribution in [3.05, 3.63) is 228 Å². The van der Waals surface area contributed by atoms with Gasteiger partial charge in [-0.1, -0.05) is 225 Å². The Bertz CT molecular complexity index is 3700. The molecule has 1 aliphatic rings. The van der Waals surface area contributed by atoms with Crippen molar-refractivity contribution in [2.45, 2.75) is 25.1 Å². The first kappa shape index (κ1) is 22.8. The van der Waals surface area contributed by atoms with Gasteiger partial charge in [0.15, 0.2) is 17.5 Å². The molecule has 0 atom stereocenters. The second kappa shape index (κ2) is 14.7. The van der Waals surface area contributed by atoms with E-state index < -0.39 is 132 Å². The molecule has 0 spiro atoms. The van der Waals surface area contributed by atoms with E-state index in [0.717, 1.165) is 16.3 Å². The molecule has 4 heteroatoms. The van der Waals surface area contributed by atoms with Gasteiger partial charge in [0.2, 0.25) is 0 Å². The van der Waals surface area contributed by atoms with E-state index in [1.807, 2.05) is 72.8 Å². The van der Waals surface area contributed by atoms with E-state index in [9.17, 15) is 13.7 Å². The molecule has 1 aromatic heterocycles. The Morgan fingerprint density at radius 1 is 0.407 bits per heavy atom. The van der Waals surface area contributed by atoms with E-state index in [2.05, 4.69) is 19.6 Å². The smallest absolute Gasteiger partial charge is 0.164 e. The van der Waals surface area contributed by atoms with Crippen molar-refractivity contribution >= 4 is 13.3 Å². The lowest BCUT2D eigenvalue weighted by atomic mass is 9.67. The van der Waals surface area contributed by atoms with Crippen LogP contribution in [-0.4, -0.2) is 23.0 Å². The highest BCUT2D eigenvalue weighted by atomic mass is 28.3. The summed E-state index contributed by atoms with van der Waals surface area (Å²) in [6.45, 7) is 6.22. The van der Waals surface area contributed by atoms with Crippen LogP contribution in [0.25, 0.3) is 67.5 Å². The number of fused-ring (bicyclic) bond motifs is 3. The molecule has 1 heterocycles. The molecule has 0 N–H and O–H groups in total. The van der Waals surface area contributed by atoms with Crippen LogP contribution in [0.1, 0.15) is 44.2 Å². The third-order valence-corrected chi connectivity index (χ3v) is 12.6. The van der Waals surface area contributed by atoms with Gasteiger partial charge in [0.05, 0.1) is 35.4 Å². The first-order valence-corrected chi connectivity index (χ1v) is 22.6. The maximum absolute atomic E-state index is 10.4. The van der Waals surface area contributed by atoms with Crippen LogP contribution in [0.5, 0.6) is 0 Å². The number of nitrogens with zero attached hydrogens (tertiary/aromatic N) is 3. The number of rotatable bonds is 8. The summed E-state index contributed by atoms with van der Waals surface area (Å²) >= 11 is 0. The Morgan fingerprint density at radius 2 is 0.915 bits per heavy atom. The van der Waals surface area contributed by atoms with E-state index >= 15 is 0 Å². The molecule has 0 unspecified atom stereocenters. The standard InChI is InChI=1S/C55H43N3Si/c1-59(2,3)50-30-17-16-27-45(50)42-35-36-48-47(37-42)51-46(28-18-29-49(51)55(48,43-23-12-6-13-24-43)44-25-14-7-15-26-44)38-31-33-41(34-32-38)54-57-52(39-19-8-4-9-20-39)56-53(58-54)40-21-10-5-11-22-40/h4-37H,1-3H3/i6D,7D,12D,13D,14D,15D,18D,23D,24D,25D,26D,28D,29D,35D,36D,37D. The second-order valence-corrected chi connectivity index (χ2v) is 20.2. The van der Waals surface area contributed by atoms with E-state index in [1.54, 1.807) is 36.4 Å². The van der Waals surface area contributed by atoms with E-state index in [-0.39, 0.29) is 33.6 Å². The minimum atomic E-state index is -2.87. The average molecular weight is 790 g/mol. The summed E-state index contributed by atoms with van der Waals surface area (Å²) in [6.07, 6.45) is 0. The monoisotopic (exact) mass is 789 g/mol. The molecule has 0 amide bonds. The third-order valence-electron chi connectivity index (χ3n) is 10.6. The summed E-state index contributed by atoms with van der Waals surface area (Å²) in [6, 6.07) is 19.7. The van der Waals surface area contributed by atoms with Crippen LogP contribution in [-0.2, 0) is 5.41 Å². The summed E-state index contributed by atoms with van der Waals surface area (Å²) < 4.78 is 151. The van der Waals surface area contributed by atoms with Crippen molar-refractivity contribution in [2.24, 2.45) is 0 Å². The zero-order chi connectivity index (χ0) is 53.9. The minimum absolute atomic E-state index is 0.0340. The van der Waals surface area contributed by atoms with Crippen LogP contribution in [0.2, 0.25) is 19.6 Å². The van der Waals surface area contributed by atoms with Gasteiger partial charge in [-0.3, -0.25) is 0 Å². The number of hydrogen-bond donors (Lipinski definition) is 0. The minimum Gasteiger partial charge on any atom is -0.208 e. The summed E-state index contributed by atoms with van der Waals surface area (Å²) in [4.78, 5) is 14.5. The van der Waals surface area contributed by atoms with Crippen LogP contribution in [0.4, 0.5) is 0 Å². The van der Waals surface area contributed by atoms with Crippen molar-refractivity contribution < 1.29 is 21.9 Å². The fourth-order valence-electron chi connectivity index (χ4n) is 7.87. The average Bonchev–Trinajstić information content (AvgIpc) is 3.86. The van der Waals surface area contributed by atoms with E-state index in [0.29, 0.717) is 22.8 Å². The molecule has 3 nitrogen and oxygen atoms in total. The Balaban J connectivity index is 1.39. The number of hydrogen-bond acceptors (Lipinski definition) is 3. The predicted octanol–water partition coefficient (Wildman–Crippen LogP) is 13.1. The molecule has 59 heavy (non-hydrogen) atoms. The zero-order valence-electron chi connectivity index (χ0n) is 48.2. The molecule has 0 fully saturated rings. The molecule has 9 aromatic rings. The lowest BCUT2D eigenvalue weighted by Gasteiger charge is -2.34. The molecule has 282 valence electrons. The van der Waals surface area contributed by atoms with Crippen molar-refractivity contribution in [3.8, 4) is 67.5 Å². The van der Waals surface area contributed by atoms with E-state index in [1.165, 1.54) is 0 Å². The van der Waals surface area contributed by atoms with Gasteiger partial charge in [-0.05, 0) is 61.7 Å². The lowest BCUT2D eigenvalue weighted by molar-refractivity contribution is 0.768. The highest BCUT2D eigenvalue weighted by molar-refractivity contribution is 6.89. The molecule has 8 aromatic carbocycles.